The van der Waals surface area contributed by atoms with Crippen LogP contribution in [0.25, 0.3) is 0 Å². The van der Waals surface area contributed by atoms with Gasteiger partial charge >= 0.3 is 5.97 Å². The molecule has 0 aromatic heterocycles. The summed E-state index contributed by atoms with van der Waals surface area (Å²) in [5.74, 6) is -1.18. The second-order valence-corrected chi connectivity index (χ2v) is 4.48. The summed E-state index contributed by atoms with van der Waals surface area (Å²) in [5.41, 5.74) is 10.8. The average molecular weight is 310 g/mol. The molecule has 21 heavy (non-hydrogen) atoms. The molecule has 7 N–H and O–H groups in total. The van der Waals surface area contributed by atoms with Crippen molar-refractivity contribution in [2.45, 2.75) is 58.2 Å². The molecule has 1 aliphatic heterocycles. The van der Waals surface area contributed by atoms with Crippen LogP contribution in [0, 0.1) is 0 Å². The molecule has 128 valence electrons. The highest BCUT2D eigenvalue weighted by Crippen LogP contribution is 2.15. The summed E-state index contributed by atoms with van der Waals surface area (Å²) >= 11 is 0. The molecule has 0 aromatic carbocycles. The molecular weight excluding hydrogens is 280 g/mol. The zero-order valence-corrected chi connectivity index (χ0v) is 13.3. The van der Waals surface area contributed by atoms with Gasteiger partial charge < -0.3 is 31.5 Å². The lowest BCUT2D eigenvalue weighted by molar-refractivity contribution is -0.140. The molecule has 2 atom stereocenters. The molecule has 8 nitrogen and oxygen atoms in total. The Kier molecular flexibility index (Phi) is 17.9. The van der Waals surface area contributed by atoms with E-state index in [4.69, 9.17) is 36.3 Å². The van der Waals surface area contributed by atoms with Crippen molar-refractivity contribution in [3.63, 3.8) is 0 Å². The summed E-state index contributed by atoms with van der Waals surface area (Å²) in [6, 6.07) is -1.16. The van der Waals surface area contributed by atoms with Crippen molar-refractivity contribution in [2.75, 3.05) is 13.2 Å². The highest BCUT2D eigenvalue weighted by atomic mass is 16.5. The normalized spacial score (nSPS) is 18.0. The van der Waals surface area contributed by atoms with Crippen LogP contribution in [0.5, 0.6) is 0 Å². The van der Waals surface area contributed by atoms with Crippen molar-refractivity contribution in [3.05, 3.63) is 0 Å². The van der Waals surface area contributed by atoms with E-state index >= 15 is 0 Å². The number of aliphatic carboxylic acids is 1. The summed E-state index contributed by atoms with van der Waals surface area (Å²) in [4.78, 5) is 18.2. The Balaban J connectivity index is -0.000000237. The Morgan fingerprint density at radius 3 is 1.76 bits per heavy atom. The third kappa shape index (κ3) is 18.8. The van der Waals surface area contributed by atoms with E-state index < -0.39 is 18.1 Å². The van der Waals surface area contributed by atoms with Gasteiger partial charge in [-0.15, -0.1) is 0 Å². The smallest absolute Gasteiger partial charge is 0.323 e. The predicted molar refractivity (Wildman–Crippen MR) is 80.0 cm³/mol. The van der Waals surface area contributed by atoms with Crippen molar-refractivity contribution in [1.82, 2.24) is 0 Å². The molecule has 1 rings (SSSR count). The molecule has 8 heteroatoms. The van der Waals surface area contributed by atoms with Gasteiger partial charge in [-0.2, -0.15) is 0 Å². The van der Waals surface area contributed by atoms with E-state index in [1.54, 1.807) is 0 Å². The van der Waals surface area contributed by atoms with Gasteiger partial charge in [0.15, 0.2) is 0 Å². The van der Waals surface area contributed by atoms with Gasteiger partial charge in [-0.1, -0.05) is 13.8 Å². The van der Waals surface area contributed by atoms with Gasteiger partial charge in [-0.05, 0) is 26.7 Å². The summed E-state index contributed by atoms with van der Waals surface area (Å²) in [7, 11) is 0. The third-order valence-corrected chi connectivity index (χ3v) is 2.44. The van der Waals surface area contributed by atoms with Gasteiger partial charge in [-0.25, -0.2) is 0 Å². The second-order valence-electron chi connectivity index (χ2n) is 4.48. The Hall–Kier alpha value is -1.22. The molecule has 0 radical (unpaired) electrons. The quantitative estimate of drug-likeness (QED) is 0.447. The number of carbonyl (C=O) groups is 2. The molecule has 1 fully saturated rings. The minimum Gasteiger partial charge on any atom is -0.483 e. The van der Waals surface area contributed by atoms with E-state index in [2.05, 4.69) is 6.92 Å². The first-order valence-electron chi connectivity index (χ1n) is 6.79. The number of ether oxygens (including phenoxy) is 1. The molecule has 0 aliphatic carbocycles. The number of carboxylic acid groups (broad SMARTS) is 2. The number of rotatable bonds is 2. The maximum Gasteiger partial charge on any atom is 0.323 e. The molecule has 2 unspecified atom stereocenters. The van der Waals surface area contributed by atoms with Gasteiger partial charge in [0.25, 0.3) is 6.47 Å². The van der Waals surface area contributed by atoms with Gasteiger partial charge in [0.2, 0.25) is 0 Å². The van der Waals surface area contributed by atoms with Gasteiger partial charge in [0.05, 0.1) is 6.10 Å². The Morgan fingerprint density at radius 1 is 1.33 bits per heavy atom. The lowest BCUT2D eigenvalue weighted by atomic mass is 9.94. The lowest BCUT2D eigenvalue weighted by Gasteiger charge is -2.28. The van der Waals surface area contributed by atoms with Crippen molar-refractivity contribution in [3.8, 4) is 0 Å². The van der Waals surface area contributed by atoms with Crippen molar-refractivity contribution in [2.24, 2.45) is 11.5 Å². The fourth-order valence-corrected chi connectivity index (χ4v) is 1.04. The highest BCUT2D eigenvalue weighted by Gasteiger charge is 2.21. The first-order chi connectivity index (χ1) is 9.67. The third-order valence-electron chi connectivity index (χ3n) is 2.44. The molecule has 0 bridgehead atoms. The fraction of sp³-hybridized carbons (Fsp3) is 0.846. The van der Waals surface area contributed by atoms with E-state index in [0.717, 1.165) is 26.1 Å². The van der Waals surface area contributed by atoms with E-state index in [0.29, 0.717) is 0 Å². The molecule has 1 aliphatic rings. The van der Waals surface area contributed by atoms with Crippen LogP contribution < -0.4 is 11.5 Å². The molecule has 0 spiro atoms. The largest absolute Gasteiger partial charge is 0.483 e. The minimum absolute atomic E-state index is 0.0538. The van der Waals surface area contributed by atoms with Crippen molar-refractivity contribution < 1.29 is 29.6 Å². The molecule has 0 saturated carbocycles. The predicted octanol–water partition coefficient (Wildman–Crippen LogP) is 0.0203. The van der Waals surface area contributed by atoms with E-state index in [-0.39, 0.29) is 12.0 Å². The fourth-order valence-electron chi connectivity index (χ4n) is 1.04. The second kappa shape index (κ2) is 15.2. The number of hydrogen-bond acceptors (Lipinski definition) is 6. The lowest BCUT2D eigenvalue weighted by Crippen LogP contribution is -2.41. The number of aliphatic hydroxyl groups excluding tert-OH is 1. The Bertz CT molecular complexity index is 251. The van der Waals surface area contributed by atoms with Gasteiger partial charge in [0.1, 0.15) is 6.04 Å². The van der Waals surface area contributed by atoms with Crippen LogP contribution in [0.15, 0.2) is 0 Å². The Morgan fingerprint density at radius 2 is 1.67 bits per heavy atom. The zero-order valence-electron chi connectivity index (χ0n) is 13.3. The van der Waals surface area contributed by atoms with Crippen LogP contribution in [0.3, 0.4) is 0 Å². The number of hydrogen-bond donors (Lipinski definition) is 5. The summed E-state index contributed by atoms with van der Waals surface area (Å²) in [6.07, 6.45) is 1.03. The minimum atomic E-state index is -1.18. The van der Waals surface area contributed by atoms with Gasteiger partial charge in [0, 0.05) is 18.8 Å². The summed E-state index contributed by atoms with van der Waals surface area (Å²) < 4.78 is 5.13. The SMILES string of the molecule is CC.CC(O)C(N)C(=O)O.CC1(N)CCOCC1.O=CO. The van der Waals surface area contributed by atoms with Crippen molar-refractivity contribution >= 4 is 12.4 Å². The topological polar surface area (TPSA) is 156 Å². The van der Waals surface area contributed by atoms with Crippen LogP contribution in [-0.4, -0.2) is 58.7 Å². The molecule has 0 aromatic rings. The van der Waals surface area contributed by atoms with E-state index in [9.17, 15) is 4.79 Å². The number of nitrogens with two attached hydrogens (primary N) is 2. The summed E-state index contributed by atoms with van der Waals surface area (Å²) in [5, 5.41) is 23.4. The molecular formula is C13H30N2O6. The van der Waals surface area contributed by atoms with Crippen LogP contribution in [0.2, 0.25) is 0 Å². The van der Waals surface area contributed by atoms with Crippen LogP contribution in [-0.2, 0) is 14.3 Å². The Labute approximate surface area is 126 Å². The zero-order chi connectivity index (χ0) is 17.5. The van der Waals surface area contributed by atoms with Crippen LogP contribution in [0.4, 0.5) is 0 Å². The molecule has 1 saturated heterocycles. The van der Waals surface area contributed by atoms with Crippen LogP contribution in [0.1, 0.15) is 40.5 Å². The highest BCUT2D eigenvalue weighted by molar-refractivity contribution is 5.73. The first kappa shape index (κ1) is 24.8. The maximum atomic E-state index is 9.86. The number of aliphatic hydroxyl groups is 1. The van der Waals surface area contributed by atoms with E-state index in [1.807, 2.05) is 13.8 Å². The van der Waals surface area contributed by atoms with Crippen LogP contribution >= 0.6 is 0 Å². The van der Waals surface area contributed by atoms with Gasteiger partial charge in [-0.3, -0.25) is 9.59 Å². The molecule has 0 amide bonds. The monoisotopic (exact) mass is 310 g/mol. The van der Waals surface area contributed by atoms with Crippen molar-refractivity contribution in [1.29, 1.82) is 0 Å². The number of carboxylic acids is 1. The first-order valence-corrected chi connectivity index (χ1v) is 6.79. The maximum absolute atomic E-state index is 9.86. The average Bonchev–Trinajstić information content (AvgIpc) is 2.41. The summed E-state index contributed by atoms with van der Waals surface area (Å²) in [6.45, 7) is 8.84. The molecule has 1 heterocycles. The standard InChI is InChI=1S/C6H13NO.C4H9NO3.C2H6.CH2O2/c1-6(7)2-4-8-5-3-6;1-2(6)3(5)4(7)8;1-2;2-1-3/h2-5,7H2,1H3;2-3,6H,5H2,1H3,(H,7,8);1-2H3;1H,(H,2,3). The van der Waals surface area contributed by atoms with E-state index in [1.165, 1.54) is 6.92 Å².